The minimum absolute atomic E-state index is 0.0540. The molecule has 2 aromatic carbocycles. The first-order chi connectivity index (χ1) is 22.1. The zero-order valence-corrected chi connectivity index (χ0v) is 27.8. The SMILES string of the molecule is CC1(C)CCCN1CC1(S(=O)(=O)CC(=O)c2ccc(Cc3nc(NC4(c5ccc(Cl)cc5)CC4)nc(OCC(F)(F)F)n3)cc2)CC1. The molecule has 14 heteroatoms. The lowest BCUT2D eigenvalue weighted by atomic mass is 10.0. The Bertz CT molecular complexity index is 1740. The summed E-state index contributed by atoms with van der Waals surface area (Å²) < 4.78 is 69.7. The van der Waals surface area contributed by atoms with Crippen LogP contribution in [0.3, 0.4) is 0 Å². The van der Waals surface area contributed by atoms with Crippen LogP contribution < -0.4 is 10.1 Å². The van der Waals surface area contributed by atoms with E-state index in [-0.39, 0.29) is 29.3 Å². The molecular weight excluding hydrogens is 655 g/mol. The van der Waals surface area contributed by atoms with Crippen LogP contribution in [0.2, 0.25) is 5.02 Å². The number of anilines is 1. The van der Waals surface area contributed by atoms with E-state index in [0.29, 0.717) is 30.0 Å². The average molecular weight is 692 g/mol. The van der Waals surface area contributed by atoms with E-state index in [0.717, 1.165) is 37.8 Å². The van der Waals surface area contributed by atoms with Gasteiger partial charge in [0.1, 0.15) is 11.6 Å². The van der Waals surface area contributed by atoms with Crippen LogP contribution in [0, 0.1) is 0 Å². The van der Waals surface area contributed by atoms with Crippen LogP contribution >= 0.6 is 11.6 Å². The van der Waals surface area contributed by atoms with Crippen molar-refractivity contribution in [1.29, 1.82) is 0 Å². The predicted molar refractivity (Wildman–Crippen MR) is 172 cm³/mol. The molecule has 2 saturated carbocycles. The molecule has 1 saturated heterocycles. The predicted octanol–water partition coefficient (Wildman–Crippen LogP) is 6.16. The Balaban J connectivity index is 1.15. The Hall–Kier alpha value is -3.29. The highest BCUT2D eigenvalue weighted by Gasteiger charge is 2.57. The third-order valence-corrected chi connectivity index (χ3v) is 12.3. The Kier molecular flexibility index (Phi) is 8.80. The minimum Gasteiger partial charge on any atom is -0.454 e. The lowest BCUT2D eigenvalue weighted by molar-refractivity contribution is -0.154. The Morgan fingerprint density at radius 2 is 1.66 bits per heavy atom. The molecule has 252 valence electrons. The number of ether oxygens (including phenoxy) is 1. The molecule has 6 rings (SSSR count). The number of carbonyl (C=O) groups is 1. The number of hydrogen-bond acceptors (Lipinski definition) is 9. The van der Waals surface area contributed by atoms with E-state index >= 15 is 0 Å². The number of carbonyl (C=O) groups excluding carboxylic acids is 1. The fraction of sp³-hybridized carbons (Fsp3) is 0.515. The fourth-order valence-corrected chi connectivity index (χ4v) is 8.27. The van der Waals surface area contributed by atoms with Crippen molar-refractivity contribution in [2.45, 2.75) is 80.8 Å². The fourth-order valence-electron chi connectivity index (χ4n) is 6.25. The molecule has 0 amide bonds. The standard InChI is InChI=1S/C33H37ClF3N5O4S/c1-30(2)12-3-17-42(30)20-31(13-14-31)47(44,45)19-26(43)23-6-4-22(5-7-23)18-27-38-28(40-29(39-27)46-21-33(35,36)37)41-32(15-16-32)24-8-10-25(34)11-9-24/h4-11H,3,12-21H2,1-2H3,(H,38,39,40,41). The van der Waals surface area contributed by atoms with E-state index < -0.39 is 50.5 Å². The van der Waals surface area contributed by atoms with Crippen LogP contribution in [0.15, 0.2) is 48.5 Å². The number of sulfone groups is 1. The number of benzene rings is 2. The van der Waals surface area contributed by atoms with Crippen molar-refractivity contribution >= 4 is 33.2 Å². The summed E-state index contributed by atoms with van der Waals surface area (Å²) in [6, 6.07) is 13.2. The molecule has 0 bridgehead atoms. The highest BCUT2D eigenvalue weighted by Crippen LogP contribution is 2.48. The highest BCUT2D eigenvalue weighted by molar-refractivity contribution is 7.93. The molecule has 1 aromatic heterocycles. The normalized spacial score (nSPS) is 19.7. The van der Waals surface area contributed by atoms with Gasteiger partial charge in [0.05, 0.1) is 10.3 Å². The molecule has 3 aromatic rings. The Morgan fingerprint density at radius 1 is 0.979 bits per heavy atom. The van der Waals surface area contributed by atoms with Crippen LogP contribution in [-0.2, 0) is 21.8 Å². The van der Waals surface area contributed by atoms with E-state index in [1.807, 2.05) is 12.1 Å². The second-order valence-electron chi connectivity index (χ2n) is 13.6. The van der Waals surface area contributed by atoms with Gasteiger partial charge in [-0.25, -0.2) is 8.42 Å². The van der Waals surface area contributed by atoms with Crippen molar-refractivity contribution in [3.63, 3.8) is 0 Å². The first-order valence-corrected chi connectivity index (χ1v) is 17.7. The third kappa shape index (κ3) is 7.73. The molecule has 3 aliphatic rings. The largest absolute Gasteiger partial charge is 0.454 e. The van der Waals surface area contributed by atoms with Gasteiger partial charge in [-0.1, -0.05) is 48.0 Å². The maximum atomic E-state index is 13.4. The summed E-state index contributed by atoms with van der Waals surface area (Å²) in [6.07, 6.45) is 0.217. The molecule has 0 spiro atoms. The van der Waals surface area contributed by atoms with Gasteiger partial charge < -0.3 is 10.1 Å². The van der Waals surface area contributed by atoms with Gasteiger partial charge in [0.15, 0.2) is 22.2 Å². The number of rotatable bonds is 13. The first kappa shape index (κ1) is 33.6. The second kappa shape index (κ2) is 12.3. The summed E-state index contributed by atoms with van der Waals surface area (Å²) in [5, 5.41) is 3.83. The van der Waals surface area contributed by atoms with Gasteiger partial charge >= 0.3 is 12.2 Å². The van der Waals surface area contributed by atoms with Crippen LogP contribution in [0.1, 0.15) is 79.7 Å². The Labute approximate surface area is 277 Å². The number of nitrogens with one attached hydrogen (secondary N) is 1. The highest BCUT2D eigenvalue weighted by atomic mass is 35.5. The quantitative estimate of drug-likeness (QED) is 0.211. The van der Waals surface area contributed by atoms with Gasteiger partial charge in [-0.15, -0.1) is 0 Å². The van der Waals surface area contributed by atoms with Gasteiger partial charge in [0, 0.05) is 29.1 Å². The van der Waals surface area contributed by atoms with E-state index in [2.05, 4.69) is 39.0 Å². The van der Waals surface area contributed by atoms with Crippen molar-refractivity contribution in [2.75, 3.05) is 30.8 Å². The number of nitrogens with zero attached hydrogens (tertiary/aromatic N) is 4. The molecule has 47 heavy (non-hydrogen) atoms. The molecule has 0 atom stereocenters. The number of likely N-dealkylation sites (tertiary alicyclic amines) is 1. The van der Waals surface area contributed by atoms with E-state index in [1.165, 1.54) is 0 Å². The number of ketones is 1. The van der Waals surface area contributed by atoms with E-state index in [4.69, 9.17) is 16.3 Å². The number of aromatic nitrogens is 3. The second-order valence-corrected chi connectivity index (χ2v) is 16.4. The molecule has 3 fully saturated rings. The molecular formula is C33H37ClF3N5O4S. The maximum absolute atomic E-state index is 13.4. The molecule has 2 aliphatic carbocycles. The van der Waals surface area contributed by atoms with Crippen molar-refractivity contribution in [2.24, 2.45) is 0 Å². The van der Waals surface area contributed by atoms with Crippen molar-refractivity contribution < 1.29 is 31.1 Å². The maximum Gasteiger partial charge on any atom is 0.422 e. The van der Waals surface area contributed by atoms with Crippen molar-refractivity contribution in [3.05, 3.63) is 76.1 Å². The molecule has 1 aliphatic heterocycles. The van der Waals surface area contributed by atoms with Gasteiger partial charge in [-0.2, -0.15) is 28.1 Å². The monoisotopic (exact) mass is 691 g/mol. The topological polar surface area (TPSA) is 114 Å². The summed E-state index contributed by atoms with van der Waals surface area (Å²) in [7, 11) is -3.68. The van der Waals surface area contributed by atoms with Gasteiger partial charge in [0.2, 0.25) is 5.95 Å². The lowest BCUT2D eigenvalue weighted by Crippen LogP contribution is -2.47. The third-order valence-electron chi connectivity index (χ3n) is 9.50. The minimum atomic E-state index is -4.58. The summed E-state index contributed by atoms with van der Waals surface area (Å²) >= 11 is 6.04. The van der Waals surface area contributed by atoms with Crippen LogP contribution in [0.5, 0.6) is 6.01 Å². The lowest BCUT2D eigenvalue weighted by Gasteiger charge is -2.34. The Morgan fingerprint density at radius 3 is 2.23 bits per heavy atom. The summed E-state index contributed by atoms with van der Waals surface area (Å²) in [6.45, 7) is 4.01. The average Bonchev–Trinajstić information content (AvgIpc) is 3.92. The number of Topliss-reactive ketones (excluding diaryl/α,β-unsaturated/α-hetero) is 1. The first-order valence-electron chi connectivity index (χ1n) is 15.7. The molecule has 9 nitrogen and oxygen atoms in total. The number of hydrogen-bond donors (Lipinski definition) is 1. The van der Waals surface area contributed by atoms with Crippen molar-refractivity contribution in [1.82, 2.24) is 19.9 Å². The van der Waals surface area contributed by atoms with Crippen LogP contribution in [-0.4, -0.2) is 76.0 Å². The van der Waals surface area contributed by atoms with Crippen LogP contribution in [0.25, 0.3) is 0 Å². The molecule has 2 heterocycles. The summed E-state index contributed by atoms with van der Waals surface area (Å²) in [5.41, 5.74) is 1.33. The van der Waals surface area contributed by atoms with Gasteiger partial charge in [-0.05, 0) is 82.2 Å². The zero-order valence-electron chi connectivity index (χ0n) is 26.2. The summed E-state index contributed by atoms with van der Waals surface area (Å²) in [4.78, 5) is 28.0. The zero-order chi connectivity index (χ0) is 33.7. The van der Waals surface area contributed by atoms with Gasteiger partial charge in [0.25, 0.3) is 0 Å². The van der Waals surface area contributed by atoms with E-state index in [1.54, 1.807) is 36.4 Å². The molecule has 1 N–H and O–H groups in total. The number of halogens is 4. The number of alkyl halides is 3. The smallest absolute Gasteiger partial charge is 0.422 e. The van der Waals surface area contributed by atoms with E-state index in [9.17, 15) is 26.4 Å². The summed E-state index contributed by atoms with van der Waals surface area (Å²) in [5.74, 6) is -0.801. The molecule has 0 unspecified atom stereocenters. The molecule has 0 radical (unpaired) electrons. The van der Waals surface area contributed by atoms with Gasteiger partial charge in [-0.3, -0.25) is 9.69 Å². The van der Waals surface area contributed by atoms with Crippen LogP contribution in [0.4, 0.5) is 19.1 Å². The van der Waals surface area contributed by atoms with Crippen molar-refractivity contribution in [3.8, 4) is 6.01 Å².